The Kier molecular flexibility index (Phi) is 7.97. The molecule has 1 aliphatic heterocycles. The summed E-state index contributed by atoms with van der Waals surface area (Å²) in [4.78, 5) is 28.2. The Balaban J connectivity index is 1.80. The number of benzene rings is 3. The van der Waals surface area contributed by atoms with Gasteiger partial charge >= 0.3 is 0 Å². The molecule has 1 atom stereocenters. The van der Waals surface area contributed by atoms with E-state index >= 15 is 0 Å². The lowest BCUT2D eigenvalue weighted by atomic mass is 9.93. The van der Waals surface area contributed by atoms with Gasteiger partial charge in [0.1, 0.15) is 17.3 Å². The van der Waals surface area contributed by atoms with Crippen molar-refractivity contribution in [3.05, 3.63) is 101 Å². The molecule has 3 aromatic carbocycles. The first-order valence-corrected chi connectivity index (χ1v) is 12.7. The Morgan fingerprint density at radius 2 is 1.59 bits per heavy atom. The fourth-order valence-corrected chi connectivity index (χ4v) is 4.67. The van der Waals surface area contributed by atoms with Crippen molar-refractivity contribution >= 4 is 17.4 Å². The summed E-state index contributed by atoms with van der Waals surface area (Å²) in [5, 5.41) is 11.5. The van der Waals surface area contributed by atoms with Crippen LogP contribution in [-0.4, -0.2) is 34.9 Å². The number of aliphatic hydroxyl groups is 1. The number of nitrogens with zero attached hydrogens (tertiary/aromatic N) is 1. The minimum Gasteiger partial charge on any atom is -0.507 e. The molecule has 1 amide bonds. The van der Waals surface area contributed by atoms with Crippen LogP contribution in [0.3, 0.4) is 0 Å². The maximum absolute atomic E-state index is 13.4. The molecule has 6 heteroatoms. The van der Waals surface area contributed by atoms with Crippen molar-refractivity contribution < 1.29 is 24.2 Å². The van der Waals surface area contributed by atoms with Crippen LogP contribution in [0.5, 0.6) is 11.5 Å². The highest BCUT2D eigenvalue weighted by Crippen LogP contribution is 2.41. The van der Waals surface area contributed by atoms with Gasteiger partial charge in [-0.05, 0) is 66.8 Å². The fourth-order valence-electron chi connectivity index (χ4n) is 4.67. The zero-order valence-corrected chi connectivity index (χ0v) is 21.7. The van der Waals surface area contributed by atoms with Crippen LogP contribution in [0.1, 0.15) is 61.9 Å². The molecule has 37 heavy (non-hydrogen) atoms. The van der Waals surface area contributed by atoms with E-state index in [1.54, 1.807) is 12.1 Å². The van der Waals surface area contributed by atoms with E-state index < -0.39 is 17.7 Å². The maximum atomic E-state index is 13.4. The van der Waals surface area contributed by atoms with E-state index in [1.165, 1.54) is 4.90 Å². The Hall–Kier alpha value is -4.06. The van der Waals surface area contributed by atoms with Crippen molar-refractivity contribution in [1.29, 1.82) is 0 Å². The van der Waals surface area contributed by atoms with Gasteiger partial charge in [0.25, 0.3) is 11.7 Å². The minimum atomic E-state index is -0.721. The van der Waals surface area contributed by atoms with Crippen molar-refractivity contribution in [2.45, 2.75) is 46.2 Å². The fraction of sp³-hybridized carbons (Fsp3) is 0.290. The smallest absolute Gasteiger partial charge is 0.295 e. The quantitative estimate of drug-likeness (QED) is 0.215. The molecular formula is C31H33NO5. The number of ether oxygens (including phenoxy) is 2. The van der Waals surface area contributed by atoms with Crippen LogP contribution in [0.25, 0.3) is 5.76 Å². The Morgan fingerprint density at radius 1 is 0.919 bits per heavy atom. The van der Waals surface area contributed by atoms with E-state index in [4.69, 9.17) is 9.47 Å². The Labute approximate surface area is 218 Å². The molecule has 0 aromatic heterocycles. The number of likely N-dealkylation sites (tertiary alicyclic amines) is 1. The van der Waals surface area contributed by atoms with Gasteiger partial charge in [0.2, 0.25) is 0 Å². The van der Waals surface area contributed by atoms with E-state index in [0.29, 0.717) is 18.8 Å². The summed E-state index contributed by atoms with van der Waals surface area (Å²) < 4.78 is 11.3. The van der Waals surface area contributed by atoms with Gasteiger partial charge in [0, 0.05) is 12.1 Å². The zero-order valence-electron chi connectivity index (χ0n) is 21.7. The van der Waals surface area contributed by atoms with Gasteiger partial charge in [0.05, 0.1) is 24.8 Å². The predicted molar refractivity (Wildman–Crippen MR) is 144 cm³/mol. The van der Waals surface area contributed by atoms with Crippen molar-refractivity contribution in [1.82, 2.24) is 4.90 Å². The normalized spacial score (nSPS) is 16.9. The highest BCUT2D eigenvalue weighted by atomic mass is 16.5. The highest BCUT2D eigenvalue weighted by molar-refractivity contribution is 6.46. The molecule has 1 fully saturated rings. The number of aliphatic hydroxyl groups excluding tert-OH is 1. The van der Waals surface area contributed by atoms with Crippen LogP contribution >= 0.6 is 0 Å². The average Bonchev–Trinajstić information content (AvgIpc) is 3.15. The molecule has 0 aliphatic carbocycles. The summed E-state index contributed by atoms with van der Waals surface area (Å²) in [6.07, 6.45) is 0. The van der Waals surface area contributed by atoms with Crippen LogP contribution in [0.15, 0.2) is 78.4 Å². The molecule has 0 bridgehead atoms. The molecule has 1 aliphatic rings. The number of hydrogen-bond acceptors (Lipinski definition) is 5. The average molecular weight is 500 g/mol. The van der Waals surface area contributed by atoms with Crippen LogP contribution in [-0.2, 0) is 16.1 Å². The summed E-state index contributed by atoms with van der Waals surface area (Å²) in [6.45, 7) is 9.23. The molecule has 1 unspecified atom stereocenters. The topological polar surface area (TPSA) is 76.1 Å². The van der Waals surface area contributed by atoms with Gasteiger partial charge in [-0.15, -0.1) is 0 Å². The summed E-state index contributed by atoms with van der Waals surface area (Å²) in [5.74, 6) is 0.0955. The second-order valence-corrected chi connectivity index (χ2v) is 9.25. The molecule has 0 radical (unpaired) electrons. The first-order valence-electron chi connectivity index (χ1n) is 12.7. The van der Waals surface area contributed by atoms with Crippen LogP contribution < -0.4 is 9.47 Å². The van der Waals surface area contributed by atoms with Crippen LogP contribution in [0.4, 0.5) is 0 Å². The monoisotopic (exact) mass is 499 g/mol. The highest BCUT2D eigenvalue weighted by Gasteiger charge is 2.46. The molecule has 1 heterocycles. The molecule has 192 valence electrons. The van der Waals surface area contributed by atoms with E-state index in [9.17, 15) is 14.7 Å². The molecule has 3 aromatic rings. The van der Waals surface area contributed by atoms with E-state index in [-0.39, 0.29) is 23.8 Å². The van der Waals surface area contributed by atoms with Gasteiger partial charge in [-0.2, -0.15) is 0 Å². The lowest BCUT2D eigenvalue weighted by molar-refractivity contribution is -0.140. The third-order valence-electron chi connectivity index (χ3n) is 6.45. The second-order valence-electron chi connectivity index (χ2n) is 9.25. The third-order valence-corrected chi connectivity index (χ3v) is 6.45. The molecule has 0 spiro atoms. The molecular weight excluding hydrogens is 466 g/mol. The summed E-state index contributed by atoms with van der Waals surface area (Å²) in [5.41, 5.74) is 3.09. The first kappa shape index (κ1) is 26.0. The summed E-state index contributed by atoms with van der Waals surface area (Å²) in [7, 11) is 0. The third kappa shape index (κ3) is 5.38. The number of amides is 1. The number of hydrogen-bond donors (Lipinski definition) is 1. The molecule has 0 saturated carbocycles. The zero-order chi connectivity index (χ0) is 26.5. The summed E-state index contributed by atoms with van der Waals surface area (Å²) >= 11 is 0. The van der Waals surface area contributed by atoms with E-state index in [1.807, 2.05) is 88.4 Å². The Morgan fingerprint density at radius 3 is 2.22 bits per heavy atom. The largest absolute Gasteiger partial charge is 0.507 e. The van der Waals surface area contributed by atoms with Crippen molar-refractivity contribution in [3.63, 3.8) is 0 Å². The SMILES string of the molecule is CCOc1ccc(CN2C(=O)C(=O)/C(=C(\O)c3ccc(OCC)c(C(C)C)c3)C2c2ccccc2)cc1. The van der Waals surface area contributed by atoms with Crippen LogP contribution in [0.2, 0.25) is 0 Å². The maximum Gasteiger partial charge on any atom is 0.295 e. The second kappa shape index (κ2) is 11.3. The number of carbonyl (C=O) groups excluding carboxylic acids is 2. The molecule has 6 nitrogen and oxygen atoms in total. The van der Waals surface area contributed by atoms with Gasteiger partial charge in [0.15, 0.2) is 0 Å². The van der Waals surface area contributed by atoms with Gasteiger partial charge < -0.3 is 19.5 Å². The number of Topliss-reactive ketones (excluding diaryl/α,β-unsaturated/α-hetero) is 1. The number of rotatable bonds is 9. The lowest BCUT2D eigenvalue weighted by Crippen LogP contribution is -2.29. The lowest BCUT2D eigenvalue weighted by Gasteiger charge is -2.25. The molecule has 4 rings (SSSR count). The van der Waals surface area contributed by atoms with Crippen molar-refractivity contribution in [2.75, 3.05) is 13.2 Å². The molecule has 1 saturated heterocycles. The van der Waals surface area contributed by atoms with Crippen molar-refractivity contribution in [3.8, 4) is 11.5 Å². The predicted octanol–water partition coefficient (Wildman–Crippen LogP) is 6.23. The van der Waals surface area contributed by atoms with Gasteiger partial charge in [-0.3, -0.25) is 9.59 Å². The Bertz CT molecular complexity index is 1290. The van der Waals surface area contributed by atoms with E-state index in [0.717, 1.165) is 28.2 Å². The van der Waals surface area contributed by atoms with E-state index in [2.05, 4.69) is 0 Å². The minimum absolute atomic E-state index is 0.0843. The first-order chi connectivity index (χ1) is 17.8. The van der Waals surface area contributed by atoms with Gasteiger partial charge in [-0.1, -0.05) is 56.3 Å². The number of ketones is 1. The molecule has 1 N–H and O–H groups in total. The van der Waals surface area contributed by atoms with Crippen LogP contribution in [0, 0.1) is 0 Å². The number of carbonyl (C=O) groups is 2. The van der Waals surface area contributed by atoms with Gasteiger partial charge in [-0.25, -0.2) is 0 Å². The summed E-state index contributed by atoms with van der Waals surface area (Å²) in [6, 6.07) is 21.5. The van der Waals surface area contributed by atoms with Crippen molar-refractivity contribution in [2.24, 2.45) is 0 Å². The standard InChI is InChI=1S/C31H33NO5/c1-5-36-24-15-12-21(13-16-24)19-32-28(22-10-8-7-9-11-22)27(30(34)31(32)35)29(33)23-14-17-26(37-6-2)25(18-23)20(3)4/h7-18,20,28,33H,5-6,19H2,1-4H3/b29-27-.